The monoisotopic (exact) mass is 127 g/mol. The van der Waals surface area contributed by atoms with E-state index in [2.05, 4.69) is 0 Å². The van der Waals surface area contributed by atoms with Gasteiger partial charge in [0.1, 0.15) is 0 Å². The Morgan fingerprint density at radius 3 is 2.14 bits per heavy atom. The summed E-state index contributed by atoms with van der Waals surface area (Å²) in [5, 5.41) is 0. The largest absolute Gasteiger partial charge is 0.310 e. The average Bonchev–Trinajstić information content (AvgIpc) is 1.61. The second-order valence-corrected chi connectivity index (χ2v) is 1.51. The summed E-state index contributed by atoms with van der Waals surface area (Å²) < 4.78 is 22.2. The van der Waals surface area contributed by atoms with Gasteiger partial charge in [0.25, 0.3) is 0 Å². The third-order valence-electron chi connectivity index (χ3n) is 0.499. The molecule has 0 heterocycles. The van der Waals surface area contributed by atoms with Crippen LogP contribution in [0.1, 0.15) is 12.8 Å². The zero-order valence-corrected chi connectivity index (χ0v) is 4.51. The van der Waals surface area contributed by atoms with Gasteiger partial charge < -0.3 is 0 Å². The highest BCUT2D eigenvalue weighted by atomic mass is 35.5. The van der Waals surface area contributed by atoms with Gasteiger partial charge in [0.15, 0.2) is 0 Å². The zero-order chi connectivity index (χ0) is 5.70. The van der Waals surface area contributed by atoms with Crippen molar-refractivity contribution in [2.75, 3.05) is 5.88 Å². The van der Waals surface area contributed by atoms with Crippen molar-refractivity contribution >= 4 is 11.6 Å². The summed E-state index contributed by atoms with van der Waals surface area (Å²) in [4.78, 5) is 0. The quantitative estimate of drug-likeness (QED) is 0.511. The van der Waals surface area contributed by atoms with Crippen LogP contribution in [-0.2, 0) is 0 Å². The summed E-state index contributed by atoms with van der Waals surface area (Å²) in [7, 11) is 0. The van der Waals surface area contributed by atoms with Gasteiger partial charge in [-0.05, 0) is 6.42 Å². The summed E-state index contributed by atoms with van der Waals surface area (Å²) in [5.74, 6) is 0.317. The van der Waals surface area contributed by atoms with Crippen LogP contribution in [0.3, 0.4) is 0 Å². The SMILES string of the molecule is F[C](F)CCCCl. The first-order valence-electron chi connectivity index (χ1n) is 2.00. The molecule has 0 atom stereocenters. The van der Waals surface area contributed by atoms with Crippen LogP contribution >= 0.6 is 11.6 Å². The molecule has 0 amide bonds. The maximum Gasteiger partial charge on any atom is 0.310 e. The lowest BCUT2D eigenvalue weighted by Gasteiger charge is -1.88. The fourth-order valence-electron chi connectivity index (χ4n) is 0.200. The van der Waals surface area contributed by atoms with Gasteiger partial charge in [0.05, 0.1) is 0 Å². The van der Waals surface area contributed by atoms with Crippen LogP contribution in [0.4, 0.5) is 8.78 Å². The second kappa shape index (κ2) is 4.31. The van der Waals surface area contributed by atoms with E-state index in [-0.39, 0.29) is 6.42 Å². The summed E-state index contributed by atoms with van der Waals surface area (Å²) in [5.41, 5.74) is 0. The molecule has 43 valence electrons. The normalized spacial score (nSPS) is 10.3. The van der Waals surface area contributed by atoms with Gasteiger partial charge in [-0.25, -0.2) is 0 Å². The Kier molecular flexibility index (Phi) is 4.41. The van der Waals surface area contributed by atoms with Crippen molar-refractivity contribution in [2.45, 2.75) is 12.8 Å². The first-order chi connectivity index (χ1) is 3.27. The Bertz CT molecular complexity index is 38.7. The molecule has 0 aromatic heterocycles. The maximum absolute atomic E-state index is 11.1. The van der Waals surface area contributed by atoms with Crippen molar-refractivity contribution in [3.63, 3.8) is 0 Å². The first kappa shape index (κ1) is 7.15. The molecule has 0 unspecified atom stereocenters. The Labute approximate surface area is 46.5 Å². The van der Waals surface area contributed by atoms with Crippen LogP contribution in [0.2, 0.25) is 0 Å². The van der Waals surface area contributed by atoms with Gasteiger partial charge in [-0.15, -0.1) is 11.6 Å². The van der Waals surface area contributed by atoms with Crippen LogP contribution in [0.15, 0.2) is 0 Å². The standard InChI is InChI=1S/C4H6ClF2/c5-3-1-2-4(6)7/h1-3H2. The smallest absolute Gasteiger partial charge is 0.200 e. The van der Waals surface area contributed by atoms with E-state index in [0.717, 1.165) is 0 Å². The molecule has 7 heavy (non-hydrogen) atoms. The van der Waals surface area contributed by atoms with Gasteiger partial charge in [-0.2, -0.15) is 8.78 Å². The lowest BCUT2D eigenvalue weighted by atomic mass is 10.4. The minimum atomic E-state index is -1.53. The van der Waals surface area contributed by atoms with E-state index in [1.54, 1.807) is 0 Å². The Hall–Kier alpha value is 0.150. The fourth-order valence-corrected chi connectivity index (χ4v) is 0.334. The predicted molar refractivity (Wildman–Crippen MR) is 25.4 cm³/mol. The molecule has 3 heteroatoms. The Morgan fingerprint density at radius 2 is 2.00 bits per heavy atom. The number of hydrogen-bond acceptors (Lipinski definition) is 0. The van der Waals surface area contributed by atoms with E-state index in [1.165, 1.54) is 0 Å². The van der Waals surface area contributed by atoms with Gasteiger partial charge in [-0.1, -0.05) is 0 Å². The molecule has 0 saturated carbocycles. The summed E-state index contributed by atoms with van der Waals surface area (Å²) in [6.45, 7) is 0. The van der Waals surface area contributed by atoms with E-state index in [4.69, 9.17) is 11.6 Å². The molecule has 0 saturated heterocycles. The van der Waals surface area contributed by atoms with Gasteiger partial charge in [0, 0.05) is 12.3 Å². The Morgan fingerprint density at radius 1 is 1.43 bits per heavy atom. The van der Waals surface area contributed by atoms with Crippen molar-refractivity contribution in [1.82, 2.24) is 0 Å². The van der Waals surface area contributed by atoms with Crippen molar-refractivity contribution in [2.24, 2.45) is 0 Å². The first-order valence-corrected chi connectivity index (χ1v) is 2.53. The van der Waals surface area contributed by atoms with Gasteiger partial charge in [-0.3, -0.25) is 0 Å². The molecule has 0 rings (SSSR count). The Balaban J connectivity index is 2.68. The minimum absolute atomic E-state index is 0.149. The number of alkyl halides is 1. The van der Waals surface area contributed by atoms with Crippen LogP contribution < -0.4 is 0 Å². The number of hydrogen-bond donors (Lipinski definition) is 0. The lowest BCUT2D eigenvalue weighted by molar-refractivity contribution is 0.269. The number of rotatable bonds is 3. The molecule has 0 bridgehead atoms. The van der Waals surface area contributed by atoms with Crippen molar-refractivity contribution in [1.29, 1.82) is 0 Å². The molecule has 0 aromatic carbocycles. The van der Waals surface area contributed by atoms with Crippen molar-refractivity contribution in [3.8, 4) is 0 Å². The van der Waals surface area contributed by atoms with Crippen LogP contribution in [-0.4, -0.2) is 5.88 Å². The van der Waals surface area contributed by atoms with Crippen molar-refractivity contribution in [3.05, 3.63) is 6.43 Å². The average molecular weight is 128 g/mol. The highest BCUT2D eigenvalue weighted by molar-refractivity contribution is 6.17. The molecule has 0 nitrogen and oxygen atoms in total. The molecule has 1 radical (unpaired) electrons. The molecule has 0 N–H and O–H groups in total. The molecule has 0 aliphatic heterocycles. The van der Waals surface area contributed by atoms with Crippen molar-refractivity contribution < 1.29 is 8.78 Å². The van der Waals surface area contributed by atoms with Crippen LogP contribution in [0.25, 0.3) is 0 Å². The van der Waals surface area contributed by atoms with E-state index in [0.29, 0.717) is 12.3 Å². The number of halogens is 3. The molecule has 0 fully saturated rings. The van der Waals surface area contributed by atoms with E-state index in [1.807, 2.05) is 0 Å². The fraction of sp³-hybridized carbons (Fsp3) is 0.750. The molecule has 0 spiro atoms. The highest BCUT2D eigenvalue weighted by Gasteiger charge is 2.01. The van der Waals surface area contributed by atoms with E-state index in [9.17, 15) is 8.78 Å². The summed E-state index contributed by atoms with van der Waals surface area (Å²) in [6.07, 6.45) is -1.30. The lowest BCUT2D eigenvalue weighted by Crippen LogP contribution is -1.79. The second-order valence-electron chi connectivity index (χ2n) is 1.13. The predicted octanol–water partition coefficient (Wildman–Crippen LogP) is 2.43. The van der Waals surface area contributed by atoms with Gasteiger partial charge in [0.2, 0.25) is 0 Å². The molecular weight excluding hydrogens is 121 g/mol. The topological polar surface area (TPSA) is 0 Å². The zero-order valence-electron chi connectivity index (χ0n) is 3.76. The molecule has 0 aliphatic carbocycles. The third-order valence-corrected chi connectivity index (χ3v) is 0.767. The maximum atomic E-state index is 11.1. The van der Waals surface area contributed by atoms with E-state index < -0.39 is 6.43 Å². The molecule has 0 aliphatic rings. The molecular formula is C4H6ClF2. The summed E-state index contributed by atoms with van der Waals surface area (Å²) >= 11 is 5.10. The third kappa shape index (κ3) is 6.15. The minimum Gasteiger partial charge on any atom is -0.200 e. The molecule has 0 aromatic rings. The van der Waals surface area contributed by atoms with Crippen LogP contribution in [0, 0.1) is 6.43 Å². The highest BCUT2D eigenvalue weighted by Crippen LogP contribution is 2.10. The van der Waals surface area contributed by atoms with Crippen LogP contribution in [0.5, 0.6) is 0 Å². The summed E-state index contributed by atoms with van der Waals surface area (Å²) in [6, 6.07) is 0. The van der Waals surface area contributed by atoms with Gasteiger partial charge >= 0.3 is 6.43 Å². The van der Waals surface area contributed by atoms with E-state index >= 15 is 0 Å².